The summed E-state index contributed by atoms with van der Waals surface area (Å²) >= 11 is 0. The second-order valence-corrected chi connectivity index (χ2v) is 5.98. The zero-order valence-electron chi connectivity index (χ0n) is 12.6. The molecule has 1 fully saturated rings. The number of aromatic nitrogens is 3. The first-order valence-electron chi connectivity index (χ1n) is 7.49. The zero-order valence-corrected chi connectivity index (χ0v) is 12.6. The van der Waals surface area contributed by atoms with Crippen LogP contribution in [0.5, 0.6) is 0 Å². The first-order valence-corrected chi connectivity index (χ1v) is 7.49. The number of hydrogen-bond donors (Lipinski definition) is 2. The van der Waals surface area contributed by atoms with Gasteiger partial charge in [-0.15, -0.1) is 5.10 Å². The van der Waals surface area contributed by atoms with Crippen molar-refractivity contribution in [3.8, 4) is 0 Å². The van der Waals surface area contributed by atoms with E-state index in [0.29, 0.717) is 6.54 Å². The number of rotatable bonds is 5. The van der Waals surface area contributed by atoms with Crippen molar-refractivity contribution in [2.75, 3.05) is 26.2 Å². The van der Waals surface area contributed by atoms with Crippen LogP contribution in [0.25, 0.3) is 0 Å². The Labute approximate surface area is 120 Å². The van der Waals surface area contributed by atoms with Crippen LogP contribution in [0.4, 0.5) is 0 Å². The topological polar surface area (TPSA) is 73.9 Å². The van der Waals surface area contributed by atoms with Crippen molar-refractivity contribution in [3.63, 3.8) is 0 Å². The monoisotopic (exact) mass is 279 g/mol. The molecule has 6 heteroatoms. The third kappa shape index (κ3) is 4.03. The second kappa shape index (κ2) is 6.83. The fourth-order valence-corrected chi connectivity index (χ4v) is 2.33. The highest BCUT2D eigenvalue weighted by molar-refractivity contribution is 5.90. The van der Waals surface area contributed by atoms with Gasteiger partial charge in [0.25, 0.3) is 5.91 Å². The predicted molar refractivity (Wildman–Crippen MR) is 77.6 cm³/mol. The lowest BCUT2D eigenvalue weighted by molar-refractivity contribution is 0.0934. The smallest absolute Gasteiger partial charge is 0.291 e. The fraction of sp³-hybridized carbons (Fsp3) is 0.786. The van der Waals surface area contributed by atoms with E-state index in [-0.39, 0.29) is 17.6 Å². The van der Waals surface area contributed by atoms with Gasteiger partial charge in [-0.1, -0.05) is 20.8 Å². The van der Waals surface area contributed by atoms with E-state index in [0.717, 1.165) is 31.4 Å². The highest BCUT2D eigenvalue weighted by atomic mass is 16.2. The lowest BCUT2D eigenvalue weighted by atomic mass is 9.99. The fourth-order valence-electron chi connectivity index (χ4n) is 2.33. The maximum absolute atomic E-state index is 11.9. The standard InChI is InChI=1S/C14H25N5O/c1-10(2)12-16-13(18-17-12)14(20)15-6-9-19-7-4-11(3)5-8-19/h10-11H,4-9H2,1-3H3,(H,15,20)(H,16,17,18). The van der Waals surface area contributed by atoms with Crippen LogP contribution in [0.15, 0.2) is 0 Å². The Kier molecular flexibility index (Phi) is 5.11. The highest BCUT2D eigenvalue weighted by Gasteiger charge is 2.17. The van der Waals surface area contributed by atoms with Crippen LogP contribution in [0.1, 0.15) is 56.0 Å². The summed E-state index contributed by atoms with van der Waals surface area (Å²) in [6.45, 7) is 10.1. The molecule has 0 radical (unpaired) electrons. The van der Waals surface area contributed by atoms with Gasteiger partial charge < -0.3 is 10.2 Å². The molecule has 1 aromatic heterocycles. The summed E-state index contributed by atoms with van der Waals surface area (Å²) < 4.78 is 0. The molecule has 0 aliphatic carbocycles. The number of likely N-dealkylation sites (tertiary alicyclic amines) is 1. The maximum Gasteiger partial charge on any atom is 0.291 e. The number of amides is 1. The molecule has 2 N–H and O–H groups in total. The summed E-state index contributed by atoms with van der Waals surface area (Å²) in [6, 6.07) is 0. The van der Waals surface area contributed by atoms with Gasteiger partial charge in [0.15, 0.2) is 0 Å². The second-order valence-electron chi connectivity index (χ2n) is 5.98. The minimum Gasteiger partial charge on any atom is -0.348 e. The van der Waals surface area contributed by atoms with Gasteiger partial charge in [-0.2, -0.15) is 0 Å². The molecule has 0 spiro atoms. The van der Waals surface area contributed by atoms with Gasteiger partial charge in [-0.3, -0.25) is 9.89 Å². The van der Waals surface area contributed by atoms with Crippen molar-refractivity contribution in [3.05, 3.63) is 11.6 Å². The van der Waals surface area contributed by atoms with Gasteiger partial charge in [-0.25, -0.2) is 4.98 Å². The molecule has 0 aromatic carbocycles. The van der Waals surface area contributed by atoms with Crippen LogP contribution in [0.2, 0.25) is 0 Å². The Morgan fingerprint density at radius 3 is 2.75 bits per heavy atom. The van der Waals surface area contributed by atoms with Crippen molar-refractivity contribution in [1.29, 1.82) is 0 Å². The van der Waals surface area contributed by atoms with Crippen LogP contribution in [0, 0.1) is 5.92 Å². The summed E-state index contributed by atoms with van der Waals surface area (Å²) in [6.07, 6.45) is 2.51. The van der Waals surface area contributed by atoms with Gasteiger partial charge in [0, 0.05) is 19.0 Å². The molecule has 0 bridgehead atoms. The molecule has 1 aliphatic rings. The molecule has 0 unspecified atom stereocenters. The van der Waals surface area contributed by atoms with E-state index in [1.807, 2.05) is 13.8 Å². The largest absolute Gasteiger partial charge is 0.348 e. The van der Waals surface area contributed by atoms with E-state index in [1.54, 1.807) is 0 Å². The van der Waals surface area contributed by atoms with Crippen molar-refractivity contribution in [2.24, 2.45) is 5.92 Å². The third-order valence-electron chi connectivity index (χ3n) is 3.84. The molecule has 1 saturated heterocycles. The SMILES string of the molecule is CC1CCN(CCNC(=O)c2n[nH]c(C(C)C)n2)CC1. The van der Waals surface area contributed by atoms with Gasteiger partial charge in [-0.05, 0) is 31.8 Å². The number of nitrogens with one attached hydrogen (secondary N) is 2. The molecule has 1 aliphatic heterocycles. The summed E-state index contributed by atoms with van der Waals surface area (Å²) in [7, 11) is 0. The lowest BCUT2D eigenvalue weighted by Crippen LogP contribution is -2.39. The molecule has 0 atom stereocenters. The molecule has 6 nitrogen and oxygen atoms in total. The normalized spacial score (nSPS) is 17.6. The number of hydrogen-bond acceptors (Lipinski definition) is 4. The molecule has 1 aromatic rings. The molecule has 20 heavy (non-hydrogen) atoms. The minimum atomic E-state index is -0.196. The Hall–Kier alpha value is -1.43. The molecule has 0 saturated carbocycles. The molecule has 1 amide bonds. The van der Waals surface area contributed by atoms with Crippen LogP contribution in [-0.4, -0.2) is 52.2 Å². The third-order valence-corrected chi connectivity index (χ3v) is 3.84. The summed E-state index contributed by atoms with van der Waals surface area (Å²) in [5.41, 5.74) is 0. The van der Waals surface area contributed by atoms with Gasteiger partial charge >= 0.3 is 0 Å². The molecular formula is C14H25N5O. The minimum absolute atomic E-state index is 0.196. The summed E-state index contributed by atoms with van der Waals surface area (Å²) in [5, 5.41) is 9.63. The first kappa shape index (κ1) is 15.0. The number of piperidine rings is 1. The first-order chi connectivity index (χ1) is 9.56. The Balaban J connectivity index is 1.72. The van der Waals surface area contributed by atoms with Crippen LogP contribution < -0.4 is 5.32 Å². The average molecular weight is 279 g/mol. The number of carbonyl (C=O) groups excluding carboxylic acids is 1. The van der Waals surface area contributed by atoms with E-state index in [9.17, 15) is 4.79 Å². The molecule has 112 valence electrons. The van der Waals surface area contributed by atoms with E-state index in [4.69, 9.17) is 0 Å². The van der Waals surface area contributed by atoms with E-state index >= 15 is 0 Å². The van der Waals surface area contributed by atoms with Gasteiger partial charge in [0.2, 0.25) is 5.82 Å². The quantitative estimate of drug-likeness (QED) is 0.854. The average Bonchev–Trinajstić information content (AvgIpc) is 2.91. The van der Waals surface area contributed by atoms with Crippen LogP contribution in [-0.2, 0) is 0 Å². The lowest BCUT2D eigenvalue weighted by Gasteiger charge is -2.29. The van der Waals surface area contributed by atoms with Crippen LogP contribution >= 0.6 is 0 Å². The van der Waals surface area contributed by atoms with E-state index in [2.05, 4.69) is 32.3 Å². The molecular weight excluding hydrogens is 254 g/mol. The van der Waals surface area contributed by atoms with E-state index in [1.165, 1.54) is 12.8 Å². The van der Waals surface area contributed by atoms with Crippen molar-refractivity contribution >= 4 is 5.91 Å². The maximum atomic E-state index is 11.9. The molecule has 2 rings (SSSR count). The Morgan fingerprint density at radius 1 is 1.45 bits per heavy atom. The molecule has 2 heterocycles. The summed E-state index contributed by atoms with van der Waals surface area (Å²) in [5.74, 6) is 1.88. The van der Waals surface area contributed by atoms with Gasteiger partial charge in [0.05, 0.1) is 0 Å². The number of aromatic amines is 1. The van der Waals surface area contributed by atoms with Crippen molar-refractivity contribution < 1.29 is 4.79 Å². The van der Waals surface area contributed by atoms with E-state index < -0.39 is 0 Å². The van der Waals surface area contributed by atoms with Crippen molar-refractivity contribution in [1.82, 2.24) is 25.4 Å². The number of H-pyrrole nitrogens is 1. The summed E-state index contributed by atoms with van der Waals surface area (Å²) in [4.78, 5) is 18.5. The highest BCUT2D eigenvalue weighted by Crippen LogP contribution is 2.15. The number of nitrogens with zero attached hydrogens (tertiary/aromatic N) is 3. The van der Waals surface area contributed by atoms with Gasteiger partial charge in [0.1, 0.15) is 5.82 Å². The Morgan fingerprint density at radius 2 is 2.15 bits per heavy atom. The zero-order chi connectivity index (χ0) is 14.5. The Bertz CT molecular complexity index is 435. The van der Waals surface area contributed by atoms with Crippen LogP contribution in [0.3, 0.4) is 0 Å². The predicted octanol–water partition coefficient (Wildman–Crippen LogP) is 1.39. The number of carbonyl (C=O) groups is 1. The van der Waals surface area contributed by atoms with Crippen molar-refractivity contribution in [2.45, 2.75) is 39.5 Å².